The second-order valence-electron chi connectivity index (χ2n) is 4.69. The lowest BCUT2D eigenvalue weighted by molar-refractivity contribution is 0.370. The van der Waals surface area contributed by atoms with Crippen molar-refractivity contribution in [3.05, 3.63) is 40.3 Å². The molecule has 2 N–H and O–H groups in total. The molecule has 0 bridgehead atoms. The maximum absolute atomic E-state index is 5.90. The van der Waals surface area contributed by atoms with E-state index in [-0.39, 0.29) is 0 Å². The topological polar surface area (TPSA) is 60.0 Å². The van der Waals surface area contributed by atoms with Gasteiger partial charge in [-0.15, -0.1) is 0 Å². The van der Waals surface area contributed by atoms with Gasteiger partial charge in [0.25, 0.3) is 0 Å². The van der Waals surface area contributed by atoms with Gasteiger partial charge in [-0.1, -0.05) is 6.07 Å². The van der Waals surface area contributed by atoms with Gasteiger partial charge >= 0.3 is 0 Å². The molecule has 0 amide bonds. The van der Waals surface area contributed by atoms with E-state index in [1.54, 1.807) is 6.20 Å². The van der Waals surface area contributed by atoms with Crippen molar-refractivity contribution in [2.24, 2.45) is 0 Å². The molecule has 0 unspecified atom stereocenters. The number of nitrogens with two attached hydrogens (primary N) is 1. The van der Waals surface area contributed by atoms with E-state index in [0.717, 1.165) is 35.2 Å². The van der Waals surface area contributed by atoms with Crippen molar-refractivity contribution < 1.29 is 0 Å². The molecule has 2 aromatic heterocycles. The fraction of sp³-hybridized carbons (Fsp3) is 0.385. The van der Waals surface area contributed by atoms with Gasteiger partial charge in [0, 0.05) is 24.7 Å². The molecule has 5 nitrogen and oxygen atoms in total. The Bertz CT molecular complexity index is 550. The first kappa shape index (κ1) is 14.0. The maximum atomic E-state index is 5.90. The molecular weight excluding hydrogens is 306 g/mol. The third kappa shape index (κ3) is 3.54. The number of rotatable bonds is 5. The standard InChI is InChI=1S/C13H18BrN5/c1-18(2)6-7-19-12(11(14)9-17-19)8-10-4-3-5-16-13(10)15/h3-5,9H,6-8H2,1-2H3,(H2,15,16). The predicted molar refractivity (Wildman–Crippen MR) is 79.9 cm³/mol. The van der Waals surface area contributed by atoms with Gasteiger partial charge in [0.1, 0.15) is 5.82 Å². The first-order chi connectivity index (χ1) is 9.08. The van der Waals surface area contributed by atoms with Crippen molar-refractivity contribution >= 4 is 21.7 Å². The molecular formula is C13H18BrN5. The number of aromatic nitrogens is 3. The highest BCUT2D eigenvalue weighted by atomic mass is 79.9. The van der Waals surface area contributed by atoms with E-state index < -0.39 is 0 Å². The number of anilines is 1. The van der Waals surface area contributed by atoms with Crippen molar-refractivity contribution in [2.45, 2.75) is 13.0 Å². The fourth-order valence-electron chi connectivity index (χ4n) is 1.83. The molecule has 0 aliphatic carbocycles. The predicted octanol–water partition coefficient (Wildman–Crippen LogP) is 1.78. The normalized spacial score (nSPS) is 11.2. The summed E-state index contributed by atoms with van der Waals surface area (Å²) in [5, 5.41) is 4.40. The quantitative estimate of drug-likeness (QED) is 0.911. The third-order valence-corrected chi connectivity index (χ3v) is 3.60. The van der Waals surface area contributed by atoms with Gasteiger partial charge in [0.05, 0.1) is 22.9 Å². The third-order valence-electron chi connectivity index (χ3n) is 2.94. The van der Waals surface area contributed by atoms with Gasteiger partial charge in [-0.05, 0) is 36.1 Å². The van der Waals surface area contributed by atoms with Crippen LogP contribution in [0.1, 0.15) is 11.3 Å². The number of nitrogens with zero attached hydrogens (tertiary/aromatic N) is 4. The Morgan fingerprint density at radius 2 is 2.21 bits per heavy atom. The molecule has 0 aliphatic heterocycles. The summed E-state index contributed by atoms with van der Waals surface area (Å²) in [6.07, 6.45) is 4.27. The molecule has 0 fully saturated rings. The van der Waals surface area contributed by atoms with Crippen molar-refractivity contribution in [1.29, 1.82) is 0 Å². The summed E-state index contributed by atoms with van der Waals surface area (Å²) >= 11 is 3.55. The molecule has 0 radical (unpaired) electrons. The number of likely N-dealkylation sites (N-methyl/N-ethyl adjacent to an activating group) is 1. The van der Waals surface area contributed by atoms with Crippen LogP contribution in [-0.4, -0.2) is 40.3 Å². The number of nitrogen functional groups attached to an aromatic ring is 1. The number of hydrogen-bond donors (Lipinski definition) is 1. The Hall–Kier alpha value is -1.40. The molecule has 0 atom stereocenters. The first-order valence-corrected chi connectivity index (χ1v) is 6.91. The van der Waals surface area contributed by atoms with Crippen LogP contribution in [-0.2, 0) is 13.0 Å². The molecule has 0 spiro atoms. The lowest BCUT2D eigenvalue weighted by atomic mass is 10.1. The van der Waals surface area contributed by atoms with Crippen LogP contribution >= 0.6 is 15.9 Å². The highest BCUT2D eigenvalue weighted by Gasteiger charge is 2.11. The van der Waals surface area contributed by atoms with Crippen molar-refractivity contribution in [2.75, 3.05) is 26.4 Å². The van der Waals surface area contributed by atoms with Crippen LogP contribution in [0.4, 0.5) is 5.82 Å². The van der Waals surface area contributed by atoms with Gasteiger partial charge in [0.15, 0.2) is 0 Å². The van der Waals surface area contributed by atoms with Crippen LogP contribution in [0.15, 0.2) is 29.0 Å². The van der Waals surface area contributed by atoms with Crippen molar-refractivity contribution in [3.8, 4) is 0 Å². The zero-order valence-electron chi connectivity index (χ0n) is 11.2. The van der Waals surface area contributed by atoms with Crippen LogP contribution in [0.3, 0.4) is 0 Å². The lowest BCUT2D eigenvalue weighted by Crippen LogP contribution is -2.20. The molecule has 6 heteroatoms. The Morgan fingerprint density at radius 1 is 1.42 bits per heavy atom. The zero-order chi connectivity index (χ0) is 13.8. The molecule has 102 valence electrons. The van der Waals surface area contributed by atoms with E-state index in [4.69, 9.17) is 5.73 Å². The minimum absolute atomic E-state index is 0.578. The first-order valence-electron chi connectivity index (χ1n) is 6.12. The Kier molecular flexibility index (Phi) is 4.55. The number of pyridine rings is 1. The van der Waals surface area contributed by atoms with Crippen LogP contribution in [0.25, 0.3) is 0 Å². The highest BCUT2D eigenvalue weighted by molar-refractivity contribution is 9.10. The molecule has 0 saturated heterocycles. The van der Waals surface area contributed by atoms with Crippen LogP contribution in [0.2, 0.25) is 0 Å². The number of halogens is 1. The summed E-state index contributed by atoms with van der Waals surface area (Å²) in [6, 6.07) is 3.90. The monoisotopic (exact) mass is 323 g/mol. The lowest BCUT2D eigenvalue weighted by Gasteiger charge is -2.12. The fourth-order valence-corrected chi connectivity index (χ4v) is 2.27. The van der Waals surface area contributed by atoms with Crippen molar-refractivity contribution in [1.82, 2.24) is 19.7 Å². The van der Waals surface area contributed by atoms with Crippen LogP contribution in [0.5, 0.6) is 0 Å². The number of hydrogen-bond acceptors (Lipinski definition) is 4. The minimum atomic E-state index is 0.578. The smallest absolute Gasteiger partial charge is 0.126 e. The molecule has 2 heterocycles. The van der Waals surface area contributed by atoms with E-state index in [0.29, 0.717) is 5.82 Å². The summed E-state index contributed by atoms with van der Waals surface area (Å²) in [6.45, 7) is 1.80. The van der Waals surface area contributed by atoms with Gasteiger partial charge in [-0.25, -0.2) is 4.98 Å². The second kappa shape index (κ2) is 6.16. The van der Waals surface area contributed by atoms with Gasteiger partial charge < -0.3 is 10.6 Å². The molecule has 2 rings (SSSR count). The van der Waals surface area contributed by atoms with E-state index >= 15 is 0 Å². The van der Waals surface area contributed by atoms with E-state index in [9.17, 15) is 0 Å². The van der Waals surface area contributed by atoms with E-state index in [1.807, 2.05) is 23.0 Å². The van der Waals surface area contributed by atoms with Gasteiger partial charge in [-0.2, -0.15) is 5.10 Å². The summed E-state index contributed by atoms with van der Waals surface area (Å²) in [5.41, 5.74) is 8.04. The average molecular weight is 324 g/mol. The Balaban J connectivity index is 2.20. The average Bonchev–Trinajstić information content (AvgIpc) is 2.71. The van der Waals surface area contributed by atoms with Crippen molar-refractivity contribution in [3.63, 3.8) is 0 Å². The second-order valence-corrected chi connectivity index (χ2v) is 5.54. The Morgan fingerprint density at radius 3 is 2.89 bits per heavy atom. The minimum Gasteiger partial charge on any atom is -0.383 e. The molecule has 0 saturated carbocycles. The molecule has 0 aromatic carbocycles. The molecule has 2 aromatic rings. The molecule has 0 aliphatic rings. The largest absolute Gasteiger partial charge is 0.383 e. The van der Waals surface area contributed by atoms with Gasteiger partial charge in [-0.3, -0.25) is 4.68 Å². The summed E-state index contributed by atoms with van der Waals surface area (Å²) in [5.74, 6) is 0.578. The van der Waals surface area contributed by atoms with Gasteiger partial charge in [0.2, 0.25) is 0 Å². The SMILES string of the molecule is CN(C)CCn1ncc(Br)c1Cc1cccnc1N. The van der Waals surface area contributed by atoms with Crippen LogP contribution in [0, 0.1) is 0 Å². The summed E-state index contributed by atoms with van der Waals surface area (Å²) < 4.78 is 3.02. The highest BCUT2D eigenvalue weighted by Crippen LogP contribution is 2.21. The molecule has 19 heavy (non-hydrogen) atoms. The van der Waals surface area contributed by atoms with E-state index in [1.165, 1.54) is 0 Å². The maximum Gasteiger partial charge on any atom is 0.126 e. The van der Waals surface area contributed by atoms with E-state index in [2.05, 4.69) is 45.0 Å². The zero-order valence-corrected chi connectivity index (χ0v) is 12.8. The summed E-state index contributed by atoms with van der Waals surface area (Å²) in [4.78, 5) is 6.25. The Labute approximate surface area is 121 Å². The van der Waals surface area contributed by atoms with Crippen LogP contribution < -0.4 is 5.73 Å². The summed E-state index contributed by atoms with van der Waals surface area (Å²) in [7, 11) is 4.11.